The number of aromatic hydroxyl groups is 1. The molecule has 0 saturated carbocycles. The second kappa shape index (κ2) is 22.5. The number of hydrogen-bond acceptors (Lipinski definition) is 9. The second-order valence-electron chi connectivity index (χ2n) is 11.6. The molecule has 1 aliphatic rings. The molecule has 4 aromatic rings. The zero-order chi connectivity index (χ0) is 39.3. The van der Waals surface area contributed by atoms with Crippen molar-refractivity contribution in [1.29, 1.82) is 0 Å². The van der Waals surface area contributed by atoms with Crippen LogP contribution in [0.3, 0.4) is 0 Å². The number of nitrogens with two attached hydrogens (primary N) is 2. The maximum atomic E-state index is 10.4. The Kier molecular flexibility index (Phi) is 20.9. The van der Waals surface area contributed by atoms with E-state index >= 15 is 0 Å². The highest BCUT2D eigenvalue weighted by atomic mass is 79.9. The maximum absolute atomic E-state index is 10.4. The van der Waals surface area contributed by atoms with E-state index in [0.717, 1.165) is 36.9 Å². The normalized spacial score (nSPS) is 13.2. The van der Waals surface area contributed by atoms with E-state index in [0.29, 0.717) is 10.0 Å². The molecule has 1 saturated heterocycles. The van der Waals surface area contributed by atoms with E-state index in [1.807, 2.05) is 50.2 Å². The van der Waals surface area contributed by atoms with Crippen molar-refractivity contribution < 1.29 is 30.0 Å². The minimum atomic E-state index is -1.00. The number of para-hydroxylation sites is 1. The summed E-state index contributed by atoms with van der Waals surface area (Å²) in [6, 6.07) is 20.8. The lowest BCUT2D eigenvalue weighted by atomic mass is 9.76. The average molecular weight is 920 g/mol. The van der Waals surface area contributed by atoms with Crippen LogP contribution in [0.2, 0.25) is 0 Å². The molecular weight excluding hydrogens is 870 g/mol. The first-order chi connectivity index (χ1) is 23.6. The fourth-order valence-corrected chi connectivity index (χ4v) is 5.06. The van der Waals surface area contributed by atoms with Gasteiger partial charge >= 0.3 is 12.8 Å². The lowest BCUT2D eigenvalue weighted by Gasteiger charge is -2.32. The number of hydrogen-bond donors (Lipinski definition) is 3. The van der Waals surface area contributed by atoms with Crippen LogP contribution in [0, 0.1) is 41.0 Å². The summed E-state index contributed by atoms with van der Waals surface area (Å²) in [4.78, 5) is 19.5. The number of benzene rings is 4. The van der Waals surface area contributed by atoms with Crippen molar-refractivity contribution in [3.8, 4) is 5.75 Å². The van der Waals surface area contributed by atoms with Crippen molar-refractivity contribution in [3.05, 3.63) is 123 Å². The summed E-state index contributed by atoms with van der Waals surface area (Å²) in [5.41, 5.74) is 16.2. The van der Waals surface area contributed by atoms with E-state index in [-0.39, 0.29) is 55.2 Å². The predicted molar refractivity (Wildman–Crippen MR) is 223 cm³/mol. The van der Waals surface area contributed by atoms with Crippen LogP contribution in [-0.2, 0) is 9.31 Å². The van der Waals surface area contributed by atoms with Crippen molar-refractivity contribution in [3.63, 3.8) is 0 Å². The molecule has 0 unspecified atom stereocenters. The molecule has 1 fully saturated rings. The van der Waals surface area contributed by atoms with Crippen molar-refractivity contribution in [2.75, 3.05) is 18.6 Å². The Balaban J connectivity index is 0. The third-order valence-electron chi connectivity index (χ3n) is 7.83. The third-order valence-corrected chi connectivity index (χ3v) is 10.2. The number of anilines is 2. The van der Waals surface area contributed by atoms with E-state index in [2.05, 4.69) is 75.5 Å². The van der Waals surface area contributed by atoms with E-state index in [1.165, 1.54) is 24.3 Å². The highest BCUT2D eigenvalue weighted by Crippen LogP contribution is 2.37. The van der Waals surface area contributed by atoms with Gasteiger partial charge in [-0.25, -0.2) is 0 Å². The van der Waals surface area contributed by atoms with Gasteiger partial charge in [0.15, 0.2) is 0 Å². The highest BCUT2D eigenvalue weighted by Gasteiger charge is 2.52. The van der Waals surface area contributed by atoms with Crippen LogP contribution in [-0.4, -0.2) is 40.4 Å². The monoisotopic (exact) mass is 917 g/mol. The van der Waals surface area contributed by atoms with Gasteiger partial charge in [0.2, 0.25) is 5.75 Å². The smallest absolute Gasteiger partial charge is 0.495 e. The minimum Gasteiger partial charge on any atom is -0.501 e. The third kappa shape index (κ3) is 13.8. The molecule has 1 heterocycles. The maximum Gasteiger partial charge on any atom is 0.495 e. The first kappa shape index (κ1) is 48.4. The number of nitro benzene ring substituents is 2. The van der Waals surface area contributed by atoms with Gasteiger partial charge in [-0.1, -0.05) is 77.0 Å². The molecule has 0 bridgehead atoms. The second-order valence-corrected chi connectivity index (χ2v) is 14.2. The molecule has 0 radical (unpaired) electrons. The topological polar surface area (TPSA) is 177 Å². The number of halogens is 4. The zero-order valence-electron chi connectivity index (χ0n) is 29.7. The molecule has 0 aliphatic carbocycles. The number of nitro groups is 2. The lowest BCUT2D eigenvalue weighted by molar-refractivity contribution is -0.386. The summed E-state index contributed by atoms with van der Waals surface area (Å²) in [6.45, 7) is 13.9. The first-order valence-corrected chi connectivity index (χ1v) is 17.1. The highest BCUT2D eigenvalue weighted by molar-refractivity contribution is 9.11. The first-order valence-electron chi connectivity index (χ1n) is 15.4. The number of alkyl halides is 1. The summed E-state index contributed by atoms with van der Waals surface area (Å²) in [5, 5.41) is 29.6. The fraction of sp³-hybridized carbons (Fsp3) is 0.333. The molecule has 0 atom stereocenters. The summed E-state index contributed by atoms with van der Waals surface area (Å²) in [6.07, 6.45) is 0. The van der Waals surface area contributed by atoms with Gasteiger partial charge in [-0.2, -0.15) is 0 Å². The predicted octanol–water partition coefficient (Wildman–Crippen LogP) is 10.8. The summed E-state index contributed by atoms with van der Waals surface area (Å²) in [7, 11) is -1.33. The minimum absolute atomic E-state index is 0. The van der Waals surface area contributed by atoms with E-state index in [4.69, 9.17) is 27.3 Å². The molecule has 11 nitrogen and oxygen atoms in total. The molecule has 286 valence electrons. The largest absolute Gasteiger partial charge is 0.501 e. The van der Waals surface area contributed by atoms with Gasteiger partial charge in [0.05, 0.1) is 34.0 Å². The molecule has 1 aliphatic heterocycles. The number of phenolic OH excluding ortho intramolecular Hbond substituents is 1. The van der Waals surface area contributed by atoms with Crippen molar-refractivity contribution in [1.82, 2.24) is 0 Å². The van der Waals surface area contributed by atoms with Gasteiger partial charge in [0.1, 0.15) is 0 Å². The molecule has 5 N–H and O–H groups in total. The van der Waals surface area contributed by atoms with Crippen LogP contribution >= 0.6 is 47.8 Å². The van der Waals surface area contributed by atoms with Gasteiger partial charge < -0.3 is 25.9 Å². The standard InChI is InChI=1S/C13H20BNO2.C7H6BrNO2.C7H8BrN.C6H4BrNO3.CH3F.2CH4/c1-9-10(7-6-8-11(9)15)14-16-12(2,3)13(4,5)17-14;1-5-6(8)3-2-4-7(5)9(10)11;1-5-6(8)3-2-4-7(5)9;7-4-2-1-3-5(6(4)9)8(10)11;1-2;;/h6-8H,15H2,1-5H3;2-4H,1H3;2-4H,9H2,1H3;1-3,9H;1H3;2*1H4/i;;;;1D;;. The summed E-state index contributed by atoms with van der Waals surface area (Å²) < 4.78 is 29.7. The Morgan fingerprint density at radius 2 is 1.08 bits per heavy atom. The van der Waals surface area contributed by atoms with E-state index in [9.17, 15) is 24.6 Å². The van der Waals surface area contributed by atoms with Crippen molar-refractivity contribution in [2.45, 2.75) is 74.5 Å². The quantitative estimate of drug-likeness (QED) is 0.0781. The van der Waals surface area contributed by atoms with Gasteiger partial charge in [-0.15, -0.1) is 0 Å². The molecule has 5 rings (SSSR count). The van der Waals surface area contributed by atoms with E-state index in [1.54, 1.807) is 19.1 Å². The van der Waals surface area contributed by atoms with Crippen LogP contribution in [0.5, 0.6) is 5.75 Å². The number of rotatable bonds is 3. The van der Waals surface area contributed by atoms with Crippen molar-refractivity contribution in [2.24, 2.45) is 0 Å². The number of phenols is 1. The zero-order valence-corrected chi connectivity index (χ0v) is 33.4. The number of nitrogen functional groups attached to an aromatic ring is 2. The SMILES string of the molecule is C.C.Cc1c(Br)cccc1[N+](=O)[O-].Cc1c(N)cccc1B1OC(C)(C)C(C)(C)O1.Cc1c(N)cccc1Br.O=[N+]([O-])c1cccc(Br)c1O.[2H]CF. The number of nitrogens with zero attached hydrogens (tertiary/aromatic N) is 2. The van der Waals surface area contributed by atoms with Crippen LogP contribution in [0.4, 0.5) is 27.1 Å². The lowest BCUT2D eigenvalue weighted by Crippen LogP contribution is -2.41. The molecule has 4 aromatic carbocycles. The molecular formula is C36H49BBr3FN4O7. The molecule has 0 amide bonds. The van der Waals surface area contributed by atoms with Gasteiger partial charge in [-0.05, 0) is 111 Å². The Bertz CT molecular complexity index is 1710. The summed E-state index contributed by atoms with van der Waals surface area (Å²) in [5.74, 6) is -0.336. The van der Waals surface area contributed by atoms with E-state index < -0.39 is 12.1 Å². The molecule has 52 heavy (non-hydrogen) atoms. The van der Waals surface area contributed by atoms with Crippen LogP contribution < -0.4 is 16.9 Å². The fourth-order valence-electron chi connectivity index (χ4n) is 3.97. The Labute approximate surface area is 333 Å². The van der Waals surface area contributed by atoms with Gasteiger partial charge in [0.25, 0.3) is 5.69 Å². The van der Waals surface area contributed by atoms with Gasteiger partial charge in [0, 0.05) is 38.0 Å². The molecule has 16 heteroatoms. The van der Waals surface area contributed by atoms with Gasteiger partial charge in [-0.3, -0.25) is 24.6 Å². The van der Waals surface area contributed by atoms with Crippen LogP contribution in [0.1, 0.15) is 60.6 Å². The van der Waals surface area contributed by atoms with Crippen molar-refractivity contribution >= 4 is 83.1 Å². The molecule has 0 spiro atoms. The average Bonchev–Trinajstić information content (AvgIpc) is 3.26. The Morgan fingerprint density at radius 1 is 0.712 bits per heavy atom. The Morgan fingerprint density at radius 3 is 1.46 bits per heavy atom. The van der Waals surface area contributed by atoms with Crippen LogP contribution in [0.15, 0.2) is 86.2 Å². The van der Waals surface area contributed by atoms with Crippen LogP contribution in [0.25, 0.3) is 0 Å². The molecule has 0 aromatic heterocycles. The Hall–Kier alpha value is -3.57. The summed E-state index contributed by atoms with van der Waals surface area (Å²) >= 11 is 9.54.